The van der Waals surface area contributed by atoms with Crippen LogP contribution < -0.4 is 5.32 Å². The third-order valence-electron chi connectivity index (χ3n) is 7.83. The second-order valence-corrected chi connectivity index (χ2v) is 11.7. The van der Waals surface area contributed by atoms with E-state index in [-0.39, 0.29) is 6.03 Å². The van der Waals surface area contributed by atoms with Gasteiger partial charge in [0.1, 0.15) is 5.65 Å². The number of carbonyl (C=O) groups excluding carboxylic acids is 1. The van der Waals surface area contributed by atoms with E-state index in [0.29, 0.717) is 48.5 Å². The summed E-state index contributed by atoms with van der Waals surface area (Å²) in [5.74, 6) is 0. The van der Waals surface area contributed by atoms with Crippen LogP contribution in [0.25, 0.3) is 28.0 Å². The molecule has 1 N–H and O–H groups in total. The molecule has 1 aliphatic rings. The number of aromatic nitrogens is 2. The molecule has 2 amide bonds. The van der Waals surface area contributed by atoms with Gasteiger partial charge in [0.15, 0.2) is 0 Å². The minimum atomic E-state index is -4.43. The zero-order chi connectivity index (χ0) is 31.0. The number of halogens is 5. The molecule has 44 heavy (non-hydrogen) atoms. The number of hydrogen-bond acceptors (Lipinski definition) is 3. The van der Waals surface area contributed by atoms with Crippen LogP contribution in [0.5, 0.6) is 0 Å². The van der Waals surface area contributed by atoms with Crippen LogP contribution in [0.4, 0.5) is 23.7 Å². The summed E-state index contributed by atoms with van der Waals surface area (Å²) in [5, 5.41) is 4.04. The second kappa shape index (κ2) is 12.1. The normalized spacial score (nSPS) is 14.3. The molecular weight excluding hydrogens is 610 g/mol. The van der Waals surface area contributed by atoms with Gasteiger partial charge in [-0.1, -0.05) is 41.4 Å². The SMILES string of the molecule is Cc1cc(Cl)ccc1-c1ccc2nc(-c3ccc(Cl)cc3)c(CN3CCN(C(=O)Nc4ccc(C(F)(F)F)cc4)CC3)n2c1. The maximum Gasteiger partial charge on any atom is 0.416 e. The number of imidazole rings is 1. The molecule has 2 aromatic heterocycles. The maximum absolute atomic E-state index is 12.9. The van der Waals surface area contributed by atoms with Gasteiger partial charge in [-0.2, -0.15) is 13.2 Å². The Labute approximate surface area is 262 Å². The number of anilines is 1. The summed E-state index contributed by atoms with van der Waals surface area (Å²) in [6.45, 7) is 4.79. The van der Waals surface area contributed by atoms with Crippen LogP contribution in [-0.4, -0.2) is 51.4 Å². The highest BCUT2D eigenvalue weighted by molar-refractivity contribution is 6.31. The minimum Gasteiger partial charge on any atom is -0.322 e. The van der Waals surface area contributed by atoms with Gasteiger partial charge in [-0.3, -0.25) is 4.90 Å². The van der Waals surface area contributed by atoms with Crippen LogP contribution in [0.3, 0.4) is 0 Å². The molecule has 1 saturated heterocycles. The number of nitrogens with one attached hydrogen (secondary N) is 1. The Balaban J connectivity index is 1.22. The van der Waals surface area contributed by atoms with E-state index < -0.39 is 11.7 Å². The Bertz CT molecular complexity index is 1810. The molecule has 0 saturated carbocycles. The molecule has 1 aliphatic heterocycles. The lowest BCUT2D eigenvalue weighted by Crippen LogP contribution is -2.49. The van der Waals surface area contributed by atoms with Gasteiger partial charge in [0.05, 0.1) is 17.0 Å². The van der Waals surface area contributed by atoms with Crippen LogP contribution in [0, 0.1) is 6.92 Å². The lowest BCUT2D eigenvalue weighted by Gasteiger charge is -2.34. The number of fused-ring (bicyclic) bond motifs is 1. The minimum absolute atomic E-state index is 0.315. The van der Waals surface area contributed by atoms with Gasteiger partial charge >= 0.3 is 12.2 Å². The Morgan fingerprint density at radius 1 is 0.864 bits per heavy atom. The number of hydrogen-bond donors (Lipinski definition) is 1. The fourth-order valence-electron chi connectivity index (χ4n) is 5.46. The summed E-state index contributed by atoms with van der Waals surface area (Å²) in [4.78, 5) is 21.8. The number of aryl methyl sites for hydroxylation is 1. The van der Waals surface area contributed by atoms with Crippen molar-refractivity contribution < 1.29 is 18.0 Å². The summed E-state index contributed by atoms with van der Waals surface area (Å²) in [5.41, 5.74) is 6.38. The molecular formula is C33H28Cl2F3N5O. The zero-order valence-electron chi connectivity index (χ0n) is 23.7. The van der Waals surface area contributed by atoms with Crippen molar-refractivity contribution >= 4 is 40.6 Å². The largest absolute Gasteiger partial charge is 0.416 e. The third kappa shape index (κ3) is 6.40. The third-order valence-corrected chi connectivity index (χ3v) is 8.32. The van der Waals surface area contributed by atoms with Crippen LogP contribution in [0.15, 0.2) is 85.1 Å². The summed E-state index contributed by atoms with van der Waals surface area (Å²) < 4.78 is 40.8. The first-order valence-electron chi connectivity index (χ1n) is 14.0. The first-order chi connectivity index (χ1) is 21.0. The van der Waals surface area contributed by atoms with Crippen molar-refractivity contribution in [3.05, 3.63) is 112 Å². The van der Waals surface area contributed by atoms with Gasteiger partial charge in [0, 0.05) is 60.2 Å². The average molecular weight is 639 g/mol. The molecule has 0 spiro atoms. The van der Waals surface area contributed by atoms with Crippen LogP contribution in [-0.2, 0) is 12.7 Å². The molecule has 0 atom stereocenters. The number of rotatable bonds is 5. The second-order valence-electron chi connectivity index (χ2n) is 10.8. The topological polar surface area (TPSA) is 52.9 Å². The van der Waals surface area contributed by atoms with Crippen LogP contribution in [0.1, 0.15) is 16.8 Å². The molecule has 6 nitrogen and oxygen atoms in total. The summed E-state index contributed by atoms with van der Waals surface area (Å²) in [6, 6.07) is 21.6. The van der Waals surface area contributed by atoms with Crippen molar-refractivity contribution in [2.24, 2.45) is 0 Å². The van der Waals surface area contributed by atoms with E-state index in [1.54, 1.807) is 4.90 Å². The fraction of sp³-hybridized carbons (Fsp3) is 0.212. The quantitative estimate of drug-likeness (QED) is 0.210. The Morgan fingerprint density at radius 2 is 1.52 bits per heavy atom. The lowest BCUT2D eigenvalue weighted by molar-refractivity contribution is -0.137. The van der Waals surface area contributed by atoms with Crippen molar-refractivity contribution in [3.8, 4) is 22.4 Å². The Kier molecular flexibility index (Phi) is 8.28. The van der Waals surface area contributed by atoms with Crippen molar-refractivity contribution in [2.75, 3.05) is 31.5 Å². The lowest BCUT2D eigenvalue weighted by atomic mass is 10.0. The molecule has 11 heteroatoms. The highest BCUT2D eigenvalue weighted by atomic mass is 35.5. The number of carbonyl (C=O) groups is 1. The van der Waals surface area contributed by atoms with Crippen molar-refractivity contribution in [2.45, 2.75) is 19.6 Å². The highest BCUT2D eigenvalue weighted by Crippen LogP contribution is 2.32. The van der Waals surface area contributed by atoms with E-state index in [9.17, 15) is 18.0 Å². The van der Waals surface area contributed by atoms with Gasteiger partial charge in [0.25, 0.3) is 0 Å². The first kappa shape index (κ1) is 30.0. The molecule has 0 radical (unpaired) electrons. The highest BCUT2D eigenvalue weighted by Gasteiger charge is 2.30. The van der Waals surface area contributed by atoms with E-state index in [1.807, 2.05) is 55.5 Å². The molecule has 3 aromatic carbocycles. The number of amides is 2. The number of benzene rings is 3. The van der Waals surface area contributed by atoms with Crippen LogP contribution in [0.2, 0.25) is 10.0 Å². The van der Waals surface area contributed by atoms with Gasteiger partial charge < -0.3 is 14.6 Å². The van der Waals surface area contributed by atoms with E-state index in [0.717, 1.165) is 51.4 Å². The predicted molar refractivity (Wildman–Crippen MR) is 168 cm³/mol. The van der Waals surface area contributed by atoms with E-state index in [4.69, 9.17) is 28.2 Å². The first-order valence-corrected chi connectivity index (χ1v) is 14.8. The maximum atomic E-state index is 12.9. The molecule has 226 valence electrons. The summed E-state index contributed by atoms with van der Waals surface area (Å²) in [7, 11) is 0. The number of piperazine rings is 1. The van der Waals surface area contributed by atoms with Crippen molar-refractivity contribution in [3.63, 3.8) is 0 Å². The van der Waals surface area contributed by atoms with E-state index >= 15 is 0 Å². The molecule has 3 heterocycles. The van der Waals surface area contributed by atoms with E-state index in [1.165, 1.54) is 12.1 Å². The average Bonchev–Trinajstić information content (AvgIpc) is 3.35. The molecule has 6 rings (SSSR count). The smallest absolute Gasteiger partial charge is 0.322 e. The monoisotopic (exact) mass is 637 g/mol. The van der Waals surface area contributed by atoms with Gasteiger partial charge in [-0.05, 0) is 84.3 Å². The molecule has 5 aromatic rings. The summed E-state index contributed by atoms with van der Waals surface area (Å²) >= 11 is 12.4. The van der Waals surface area contributed by atoms with Crippen LogP contribution >= 0.6 is 23.2 Å². The molecule has 1 fully saturated rings. The fourth-order valence-corrected chi connectivity index (χ4v) is 5.81. The molecule has 0 unspecified atom stereocenters. The Hall–Kier alpha value is -4.05. The van der Waals surface area contributed by atoms with Gasteiger partial charge in [-0.25, -0.2) is 9.78 Å². The van der Waals surface area contributed by atoms with Gasteiger partial charge in [0.2, 0.25) is 0 Å². The zero-order valence-corrected chi connectivity index (χ0v) is 25.2. The van der Waals surface area contributed by atoms with Gasteiger partial charge in [-0.15, -0.1) is 0 Å². The molecule has 0 bridgehead atoms. The molecule has 0 aliphatic carbocycles. The number of pyridine rings is 1. The number of nitrogens with zero attached hydrogens (tertiary/aromatic N) is 4. The van der Waals surface area contributed by atoms with Crippen molar-refractivity contribution in [1.29, 1.82) is 0 Å². The van der Waals surface area contributed by atoms with Crippen molar-refractivity contribution in [1.82, 2.24) is 19.2 Å². The number of urea groups is 1. The standard InChI is InChI=1S/C33H28Cl2F3N5O/c1-21-18-26(35)9-12-28(21)23-4-13-30-40-31(22-2-7-25(34)8-3-22)29(43(30)19-23)20-41-14-16-42(17-15-41)32(44)39-27-10-5-24(6-11-27)33(36,37)38/h2-13,18-19H,14-17,20H2,1H3,(H,39,44). The Morgan fingerprint density at radius 3 is 2.18 bits per heavy atom. The van der Waals surface area contributed by atoms with E-state index in [2.05, 4.69) is 26.9 Å². The summed E-state index contributed by atoms with van der Waals surface area (Å²) in [6.07, 6.45) is -2.33. The predicted octanol–water partition coefficient (Wildman–Crippen LogP) is 8.65. The number of alkyl halides is 3.